The van der Waals surface area contributed by atoms with Gasteiger partial charge in [0.2, 0.25) is 5.72 Å². The van der Waals surface area contributed by atoms with Gasteiger partial charge in [-0.15, -0.1) is 0 Å². The van der Waals surface area contributed by atoms with Gasteiger partial charge in [-0.1, -0.05) is 6.07 Å². The lowest BCUT2D eigenvalue weighted by molar-refractivity contribution is -0.0481. The van der Waals surface area contributed by atoms with Crippen molar-refractivity contribution in [2.75, 3.05) is 13.7 Å². The summed E-state index contributed by atoms with van der Waals surface area (Å²) < 4.78 is 6.93. The van der Waals surface area contributed by atoms with Crippen molar-refractivity contribution in [1.29, 1.82) is 0 Å². The van der Waals surface area contributed by atoms with Crippen LogP contribution in [0.25, 0.3) is 5.69 Å². The van der Waals surface area contributed by atoms with E-state index in [2.05, 4.69) is 15.5 Å². The molecule has 1 N–H and O–H groups in total. The highest BCUT2D eigenvalue weighted by molar-refractivity contribution is 6.08. The number of aliphatic imine (C=N–C) groups is 1. The van der Waals surface area contributed by atoms with E-state index in [1.54, 1.807) is 54.9 Å². The lowest BCUT2D eigenvalue weighted by Gasteiger charge is -2.20. The Morgan fingerprint density at radius 1 is 1.44 bits per heavy atom. The number of ether oxygens (including phenoxy) is 1. The maximum Gasteiger partial charge on any atom is 0.339 e. The Hall–Kier alpha value is -3.20. The Balaban J connectivity index is 1.93. The molecule has 9 nitrogen and oxygen atoms in total. The number of carbonyl (C=O) groups excluding carboxylic acids is 2. The van der Waals surface area contributed by atoms with Gasteiger partial charge in [0.15, 0.2) is 0 Å². The molecule has 4 rings (SSSR count). The fraction of sp³-hybridized carbons (Fsp3) is 0.333. The Morgan fingerprint density at radius 2 is 2.26 bits per heavy atom. The third kappa shape index (κ3) is 2.58. The largest absolute Gasteiger partial charge is 0.462 e. The first-order chi connectivity index (χ1) is 13.0. The maximum atomic E-state index is 13.1. The summed E-state index contributed by atoms with van der Waals surface area (Å²) in [5, 5.41) is 0. The molecule has 140 valence electrons. The minimum atomic E-state index is -0.992. The smallest absolute Gasteiger partial charge is 0.339 e. The lowest BCUT2D eigenvalue weighted by Crippen LogP contribution is -2.29. The van der Waals surface area contributed by atoms with Crippen molar-refractivity contribution in [3.63, 3.8) is 0 Å². The average molecular weight is 369 g/mol. The molecular weight excluding hydrogens is 350 g/mol. The van der Waals surface area contributed by atoms with Crippen molar-refractivity contribution in [3.8, 4) is 5.69 Å². The molecule has 0 radical (unpaired) electrons. The van der Waals surface area contributed by atoms with Gasteiger partial charge >= 0.3 is 5.97 Å². The van der Waals surface area contributed by atoms with Crippen LogP contribution in [0.5, 0.6) is 0 Å². The SMILES string of the molecule is CCOC(=O)c1cccc2c1C(=O)N(C)Cc1c(C3(C)N=CNO3)ncn1-2. The Kier molecular flexibility index (Phi) is 3.96. The van der Waals surface area contributed by atoms with Gasteiger partial charge in [-0.05, 0) is 26.0 Å². The number of aromatic nitrogens is 2. The number of amides is 1. The summed E-state index contributed by atoms with van der Waals surface area (Å²) in [5.41, 5.74) is 4.08. The standard InChI is InChI=1S/C18H19N5O4/c1-4-26-17(25)11-6-5-7-12-14(11)16(24)22(3)8-13-15(19-10-23(12)13)18(2)20-9-21-27-18/h5-7,9-10H,4,8H2,1-3H3,(H,20,21). The molecule has 0 aliphatic carbocycles. The molecule has 3 heterocycles. The number of hydrogen-bond donors (Lipinski definition) is 1. The van der Waals surface area contributed by atoms with Crippen LogP contribution >= 0.6 is 0 Å². The van der Waals surface area contributed by atoms with E-state index in [9.17, 15) is 9.59 Å². The molecule has 0 bridgehead atoms. The van der Waals surface area contributed by atoms with Crippen molar-refractivity contribution in [2.24, 2.45) is 4.99 Å². The molecule has 1 aromatic carbocycles. The number of esters is 1. The third-order valence-corrected chi connectivity index (χ3v) is 4.67. The van der Waals surface area contributed by atoms with E-state index in [-0.39, 0.29) is 18.1 Å². The molecule has 0 fully saturated rings. The van der Waals surface area contributed by atoms with Gasteiger partial charge < -0.3 is 14.2 Å². The summed E-state index contributed by atoms with van der Waals surface area (Å²) in [6.45, 7) is 4.03. The minimum absolute atomic E-state index is 0.230. The van der Waals surface area contributed by atoms with Gasteiger partial charge in [-0.2, -0.15) is 0 Å². The predicted octanol–water partition coefficient (Wildman–Crippen LogP) is 1.37. The molecule has 0 spiro atoms. The number of hydrogen-bond acceptors (Lipinski definition) is 7. The van der Waals surface area contributed by atoms with Crippen LogP contribution in [0.15, 0.2) is 29.5 Å². The predicted molar refractivity (Wildman–Crippen MR) is 95.4 cm³/mol. The monoisotopic (exact) mass is 369 g/mol. The molecule has 1 aromatic heterocycles. The fourth-order valence-electron chi connectivity index (χ4n) is 3.38. The summed E-state index contributed by atoms with van der Waals surface area (Å²) in [6.07, 6.45) is 3.08. The molecule has 0 saturated carbocycles. The summed E-state index contributed by atoms with van der Waals surface area (Å²) in [5.74, 6) is -0.790. The van der Waals surface area contributed by atoms with Crippen LogP contribution in [-0.4, -0.2) is 46.3 Å². The summed E-state index contributed by atoms with van der Waals surface area (Å²) >= 11 is 0. The number of benzene rings is 1. The Labute approximate surface area is 155 Å². The molecule has 2 aliphatic rings. The van der Waals surface area contributed by atoms with Crippen LogP contribution in [0.3, 0.4) is 0 Å². The first kappa shape index (κ1) is 17.2. The van der Waals surface area contributed by atoms with Gasteiger partial charge in [0.05, 0.1) is 35.7 Å². The summed E-state index contributed by atoms with van der Waals surface area (Å²) in [4.78, 5) is 41.3. The molecule has 2 aliphatic heterocycles. The molecule has 1 atom stereocenters. The number of rotatable bonds is 3. The van der Waals surface area contributed by atoms with Gasteiger partial charge in [0.1, 0.15) is 18.4 Å². The second kappa shape index (κ2) is 6.20. The van der Waals surface area contributed by atoms with Gasteiger partial charge in [0.25, 0.3) is 5.91 Å². The summed E-state index contributed by atoms with van der Waals surface area (Å²) in [6, 6.07) is 5.10. The number of nitrogens with one attached hydrogen (secondary N) is 1. The normalized spacial score (nSPS) is 20.7. The Bertz CT molecular complexity index is 967. The maximum absolute atomic E-state index is 13.1. The van der Waals surface area contributed by atoms with Crippen molar-refractivity contribution < 1.29 is 19.2 Å². The fourth-order valence-corrected chi connectivity index (χ4v) is 3.38. The van der Waals surface area contributed by atoms with Crippen LogP contribution in [-0.2, 0) is 21.8 Å². The van der Waals surface area contributed by atoms with E-state index in [1.165, 1.54) is 6.34 Å². The zero-order valence-corrected chi connectivity index (χ0v) is 15.2. The topological polar surface area (TPSA) is 98.1 Å². The molecule has 27 heavy (non-hydrogen) atoms. The van der Waals surface area contributed by atoms with E-state index in [1.807, 2.05) is 0 Å². The highest BCUT2D eigenvalue weighted by atomic mass is 16.7. The van der Waals surface area contributed by atoms with Crippen LogP contribution in [0.2, 0.25) is 0 Å². The van der Waals surface area contributed by atoms with Crippen molar-refractivity contribution >= 4 is 18.2 Å². The van der Waals surface area contributed by atoms with E-state index in [0.29, 0.717) is 23.5 Å². The number of hydroxylamine groups is 1. The molecular formula is C18H19N5O4. The van der Waals surface area contributed by atoms with Crippen LogP contribution in [0.1, 0.15) is 46.0 Å². The highest BCUT2D eigenvalue weighted by Gasteiger charge is 2.39. The lowest BCUT2D eigenvalue weighted by atomic mass is 10.0. The highest BCUT2D eigenvalue weighted by Crippen LogP contribution is 2.34. The van der Waals surface area contributed by atoms with Gasteiger partial charge in [-0.25, -0.2) is 19.6 Å². The average Bonchev–Trinajstić information content (AvgIpc) is 3.25. The number of fused-ring (bicyclic) bond motifs is 3. The van der Waals surface area contributed by atoms with Crippen molar-refractivity contribution in [1.82, 2.24) is 19.9 Å². The van der Waals surface area contributed by atoms with Crippen LogP contribution in [0.4, 0.5) is 0 Å². The minimum Gasteiger partial charge on any atom is -0.462 e. The van der Waals surface area contributed by atoms with E-state index in [4.69, 9.17) is 9.57 Å². The summed E-state index contributed by atoms with van der Waals surface area (Å²) in [7, 11) is 1.68. The first-order valence-corrected chi connectivity index (χ1v) is 8.56. The molecule has 1 amide bonds. The number of carbonyl (C=O) groups is 2. The zero-order valence-electron chi connectivity index (χ0n) is 15.2. The Morgan fingerprint density at radius 3 is 2.96 bits per heavy atom. The van der Waals surface area contributed by atoms with E-state index in [0.717, 1.165) is 5.69 Å². The van der Waals surface area contributed by atoms with Crippen LogP contribution < -0.4 is 5.48 Å². The first-order valence-electron chi connectivity index (χ1n) is 8.56. The molecule has 0 saturated heterocycles. The van der Waals surface area contributed by atoms with E-state index >= 15 is 0 Å². The van der Waals surface area contributed by atoms with Gasteiger partial charge in [0, 0.05) is 7.05 Å². The van der Waals surface area contributed by atoms with Crippen molar-refractivity contribution in [2.45, 2.75) is 26.1 Å². The third-order valence-electron chi connectivity index (χ3n) is 4.67. The second-order valence-electron chi connectivity index (χ2n) is 6.45. The zero-order chi connectivity index (χ0) is 19.2. The van der Waals surface area contributed by atoms with Crippen molar-refractivity contribution in [3.05, 3.63) is 47.0 Å². The van der Waals surface area contributed by atoms with Crippen LogP contribution in [0, 0.1) is 0 Å². The second-order valence-corrected chi connectivity index (χ2v) is 6.45. The number of imidazole rings is 1. The molecule has 9 heteroatoms. The molecule has 1 unspecified atom stereocenters. The number of nitrogens with zero attached hydrogens (tertiary/aromatic N) is 4. The van der Waals surface area contributed by atoms with Gasteiger partial charge in [-0.3, -0.25) is 10.3 Å². The van der Waals surface area contributed by atoms with E-state index < -0.39 is 11.7 Å². The quantitative estimate of drug-likeness (QED) is 0.821. The molecule has 2 aromatic rings.